The van der Waals surface area contributed by atoms with Crippen LogP contribution in [0.2, 0.25) is 0 Å². The standard InChI is InChI=1S/C18H21NO.H2/c1-4-14-7-5-6-12(2)18(14)16-11-15(8-9-20)17(19)10-13(16)3;/h5-7,9-11H,4,8,19H2,1-3H3;1H. The van der Waals surface area contributed by atoms with E-state index in [4.69, 9.17) is 5.73 Å². The maximum atomic E-state index is 10.8. The van der Waals surface area contributed by atoms with Crippen LogP contribution in [-0.2, 0) is 17.6 Å². The average molecular weight is 269 g/mol. The van der Waals surface area contributed by atoms with E-state index < -0.39 is 0 Å². The molecule has 0 amide bonds. The maximum absolute atomic E-state index is 10.8. The number of hydrogen-bond acceptors (Lipinski definition) is 2. The van der Waals surface area contributed by atoms with E-state index in [0.717, 1.165) is 23.8 Å². The second kappa shape index (κ2) is 5.91. The van der Waals surface area contributed by atoms with Gasteiger partial charge >= 0.3 is 0 Å². The highest BCUT2D eigenvalue weighted by molar-refractivity contribution is 5.78. The van der Waals surface area contributed by atoms with Crippen molar-refractivity contribution in [1.29, 1.82) is 0 Å². The van der Waals surface area contributed by atoms with E-state index in [9.17, 15) is 4.79 Å². The summed E-state index contributed by atoms with van der Waals surface area (Å²) < 4.78 is 0. The molecule has 2 heteroatoms. The van der Waals surface area contributed by atoms with Crippen molar-refractivity contribution < 1.29 is 6.22 Å². The van der Waals surface area contributed by atoms with Gasteiger partial charge in [0.15, 0.2) is 0 Å². The molecule has 0 aliphatic heterocycles. The molecular formula is C18H23NO. The monoisotopic (exact) mass is 269 g/mol. The SMILES string of the molecule is CCc1cccc(C)c1-c1cc(CC=O)c(N)cc1C.[HH]. The minimum Gasteiger partial charge on any atom is -0.398 e. The van der Waals surface area contributed by atoms with Gasteiger partial charge in [-0.25, -0.2) is 0 Å². The largest absolute Gasteiger partial charge is 0.398 e. The third kappa shape index (κ3) is 2.60. The molecule has 2 aromatic carbocycles. The lowest BCUT2D eigenvalue weighted by atomic mass is 9.89. The molecule has 0 saturated carbocycles. The molecule has 0 aliphatic carbocycles. The van der Waals surface area contributed by atoms with E-state index in [0.29, 0.717) is 12.1 Å². The van der Waals surface area contributed by atoms with Crippen molar-refractivity contribution in [3.05, 3.63) is 52.6 Å². The molecule has 106 valence electrons. The van der Waals surface area contributed by atoms with Crippen LogP contribution in [0.25, 0.3) is 11.1 Å². The Labute approximate surface area is 122 Å². The highest BCUT2D eigenvalue weighted by Gasteiger charge is 2.12. The Kier molecular flexibility index (Phi) is 4.23. The normalized spacial score (nSPS) is 10.6. The summed E-state index contributed by atoms with van der Waals surface area (Å²) >= 11 is 0. The van der Waals surface area contributed by atoms with E-state index in [1.165, 1.54) is 22.3 Å². The van der Waals surface area contributed by atoms with Crippen molar-refractivity contribution >= 4 is 12.0 Å². The van der Waals surface area contributed by atoms with E-state index >= 15 is 0 Å². The Bertz CT molecular complexity index is 650. The van der Waals surface area contributed by atoms with Gasteiger partial charge in [-0.3, -0.25) is 0 Å². The summed E-state index contributed by atoms with van der Waals surface area (Å²) in [5, 5.41) is 0. The van der Waals surface area contributed by atoms with Gasteiger partial charge in [0.2, 0.25) is 0 Å². The fraction of sp³-hybridized carbons (Fsp3) is 0.278. The molecule has 2 rings (SSSR count). The van der Waals surface area contributed by atoms with Gasteiger partial charge in [0.05, 0.1) is 0 Å². The van der Waals surface area contributed by atoms with Crippen LogP contribution in [0.15, 0.2) is 30.3 Å². The number of nitrogens with two attached hydrogens (primary N) is 1. The number of hydrogen-bond donors (Lipinski definition) is 1. The Morgan fingerprint density at radius 1 is 1.15 bits per heavy atom. The first-order valence-corrected chi connectivity index (χ1v) is 7.00. The number of carbonyl (C=O) groups is 1. The zero-order valence-corrected chi connectivity index (χ0v) is 12.4. The van der Waals surface area contributed by atoms with Crippen LogP contribution < -0.4 is 5.73 Å². The number of rotatable bonds is 4. The topological polar surface area (TPSA) is 43.1 Å². The van der Waals surface area contributed by atoms with Crippen LogP contribution in [0.3, 0.4) is 0 Å². The number of benzene rings is 2. The number of carbonyl (C=O) groups excluding carboxylic acids is 1. The van der Waals surface area contributed by atoms with Gasteiger partial charge in [-0.15, -0.1) is 0 Å². The first kappa shape index (κ1) is 14.3. The average Bonchev–Trinajstić information content (AvgIpc) is 2.42. The van der Waals surface area contributed by atoms with Gasteiger partial charge in [-0.05, 0) is 65.8 Å². The van der Waals surface area contributed by atoms with Gasteiger partial charge in [0, 0.05) is 13.5 Å². The highest BCUT2D eigenvalue weighted by atomic mass is 16.1. The second-order valence-corrected chi connectivity index (χ2v) is 5.20. The number of aldehydes is 1. The molecule has 2 aromatic rings. The molecular weight excluding hydrogens is 246 g/mol. The first-order valence-electron chi connectivity index (χ1n) is 7.00. The molecule has 0 atom stereocenters. The number of aryl methyl sites for hydroxylation is 3. The molecule has 0 unspecified atom stereocenters. The third-order valence-corrected chi connectivity index (χ3v) is 3.80. The quantitative estimate of drug-likeness (QED) is 0.670. The minimum absolute atomic E-state index is 0. The van der Waals surface area contributed by atoms with Crippen LogP contribution in [0.1, 0.15) is 30.6 Å². The van der Waals surface area contributed by atoms with Gasteiger partial charge in [-0.2, -0.15) is 0 Å². The molecule has 0 saturated heterocycles. The molecule has 20 heavy (non-hydrogen) atoms. The summed E-state index contributed by atoms with van der Waals surface area (Å²) in [4.78, 5) is 10.8. The fourth-order valence-electron chi connectivity index (χ4n) is 2.72. The smallest absolute Gasteiger partial charge is 0.124 e. The van der Waals surface area contributed by atoms with Gasteiger partial charge in [0.1, 0.15) is 6.29 Å². The van der Waals surface area contributed by atoms with Crippen LogP contribution in [0, 0.1) is 13.8 Å². The first-order chi connectivity index (χ1) is 9.58. The molecule has 0 spiro atoms. The molecule has 0 fully saturated rings. The molecule has 0 aliphatic rings. The van der Waals surface area contributed by atoms with Crippen molar-refractivity contribution in [2.24, 2.45) is 0 Å². The molecule has 0 bridgehead atoms. The Hall–Kier alpha value is -2.09. The lowest BCUT2D eigenvalue weighted by molar-refractivity contribution is -0.107. The molecule has 0 radical (unpaired) electrons. The van der Waals surface area contributed by atoms with E-state index in [-0.39, 0.29) is 1.43 Å². The summed E-state index contributed by atoms with van der Waals surface area (Å²) in [5.41, 5.74) is 13.8. The molecule has 2 N–H and O–H groups in total. The Morgan fingerprint density at radius 3 is 2.55 bits per heavy atom. The minimum atomic E-state index is 0. The number of nitrogen functional groups attached to an aromatic ring is 1. The van der Waals surface area contributed by atoms with Gasteiger partial charge in [0.25, 0.3) is 0 Å². The van der Waals surface area contributed by atoms with Crippen LogP contribution in [-0.4, -0.2) is 6.29 Å². The zero-order valence-electron chi connectivity index (χ0n) is 12.4. The summed E-state index contributed by atoms with van der Waals surface area (Å²) in [5.74, 6) is 0. The van der Waals surface area contributed by atoms with E-state index in [1.54, 1.807) is 0 Å². The highest BCUT2D eigenvalue weighted by Crippen LogP contribution is 2.33. The fourth-order valence-corrected chi connectivity index (χ4v) is 2.72. The van der Waals surface area contributed by atoms with Crippen LogP contribution in [0.4, 0.5) is 5.69 Å². The van der Waals surface area contributed by atoms with Gasteiger partial charge in [-0.1, -0.05) is 25.1 Å². The summed E-state index contributed by atoms with van der Waals surface area (Å²) in [7, 11) is 0. The molecule has 0 heterocycles. The Balaban J connectivity index is 0.00000220. The van der Waals surface area contributed by atoms with Crippen molar-refractivity contribution in [2.75, 3.05) is 5.73 Å². The van der Waals surface area contributed by atoms with Gasteiger partial charge < -0.3 is 10.5 Å². The van der Waals surface area contributed by atoms with Crippen molar-refractivity contribution in [3.63, 3.8) is 0 Å². The van der Waals surface area contributed by atoms with Crippen molar-refractivity contribution in [2.45, 2.75) is 33.6 Å². The Morgan fingerprint density at radius 2 is 1.90 bits per heavy atom. The lowest BCUT2D eigenvalue weighted by Gasteiger charge is -2.16. The van der Waals surface area contributed by atoms with Crippen molar-refractivity contribution in [1.82, 2.24) is 0 Å². The summed E-state index contributed by atoms with van der Waals surface area (Å²) in [6, 6.07) is 10.4. The van der Waals surface area contributed by atoms with E-state index in [1.807, 2.05) is 6.07 Å². The summed E-state index contributed by atoms with van der Waals surface area (Å²) in [6.45, 7) is 6.36. The molecule has 0 aromatic heterocycles. The number of anilines is 1. The summed E-state index contributed by atoms with van der Waals surface area (Å²) in [6.07, 6.45) is 2.26. The molecule has 2 nitrogen and oxygen atoms in total. The van der Waals surface area contributed by atoms with Crippen molar-refractivity contribution in [3.8, 4) is 11.1 Å². The lowest BCUT2D eigenvalue weighted by Crippen LogP contribution is -2.00. The maximum Gasteiger partial charge on any atom is 0.124 e. The third-order valence-electron chi connectivity index (χ3n) is 3.80. The second-order valence-electron chi connectivity index (χ2n) is 5.20. The van der Waals surface area contributed by atoms with E-state index in [2.05, 4.69) is 45.0 Å². The predicted molar refractivity (Wildman–Crippen MR) is 87.0 cm³/mol. The van der Waals surface area contributed by atoms with Crippen LogP contribution in [0.5, 0.6) is 0 Å². The predicted octanol–water partition coefficient (Wildman–Crippen LogP) is 4.10. The zero-order chi connectivity index (χ0) is 14.7. The van der Waals surface area contributed by atoms with Crippen LogP contribution >= 0.6 is 0 Å².